The topological polar surface area (TPSA) is 0 Å². The van der Waals surface area contributed by atoms with E-state index in [2.05, 4.69) is 12.3 Å². The second-order valence-electron chi connectivity index (χ2n) is 2.22. The van der Waals surface area contributed by atoms with Crippen LogP contribution in [0.2, 0.25) is 0 Å². The highest BCUT2D eigenvalue weighted by Gasteiger charge is 1.92. The molecule has 0 saturated heterocycles. The van der Waals surface area contributed by atoms with Gasteiger partial charge in [0.25, 0.3) is 0 Å². The highest BCUT2D eigenvalue weighted by Crippen LogP contribution is 2.13. The molecule has 10 heavy (non-hydrogen) atoms. The second kappa shape index (κ2) is 3.15. The van der Waals surface area contributed by atoms with Gasteiger partial charge in [-0.3, -0.25) is 0 Å². The minimum Gasteiger partial charge on any atom is -0.130 e. The van der Waals surface area contributed by atoms with E-state index in [1.165, 1.54) is 4.90 Å². The molecule has 0 nitrogen and oxygen atoms in total. The lowest BCUT2D eigenvalue weighted by Crippen LogP contribution is -2.05. The summed E-state index contributed by atoms with van der Waals surface area (Å²) in [5.74, 6) is 0. The van der Waals surface area contributed by atoms with Crippen molar-refractivity contribution in [3.05, 3.63) is 23.8 Å². The molecule has 1 aromatic carbocycles. The van der Waals surface area contributed by atoms with Crippen molar-refractivity contribution in [3.63, 3.8) is 0 Å². The Morgan fingerprint density at radius 3 is 2.60 bits per heavy atom. The summed E-state index contributed by atoms with van der Waals surface area (Å²) in [6.45, 7) is 2.02. The summed E-state index contributed by atoms with van der Waals surface area (Å²) < 4.78 is 0. The molecule has 0 fully saturated rings. The SMILES string of the molecule is [B]c1ccc(SC)cc1C. The van der Waals surface area contributed by atoms with Crippen LogP contribution in [0.15, 0.2) is 23.1 Å². The number of hydrogen-bond acceptors (Lipinski definition) is 1. The van der Waals surface area contributed by atoms with E-state index in [1.807, 2.05) is 19.1 Å². The smallest absolute Gasteiger partial charge is 0.114 e. The number of rotatable bonds is 1. The minimum atomic E-state index is 0.873. The summed E-state index contributed by atoms with van der Waals surface area (Å²) >= 11 is 1.74. The molecule has 0 aromatic heterocycles. The molecule has 1 aromatic rings. The fourth-order valence-corrected chi connectivity index (χ4v) is 1.27. The Kier molecular flexibility index (Phi) is 2.44. The van der Waals surface area contributed by atoms with E-state index in [1.54, 1.807) is 11.8 Å². The van der Waals surface area contributed by atoms with E-state index < -0.39 is 0 Å². The van der Waals surface area contributed by atoms with Crippen molar-refractivity contribution in [3.8, 4) is 0 Å². The molecule has 0 amide bonds. The van der Waals surface area contributed by atoms with Gasteiger partial charge in [0.1, 0.15) is 7.85 Å². The molecule has 0 unspecified atom stereocenters. The zero-order valence-electron chi connectivity index (χ0n) is 6.22. The minimum absolute atomic E-state index is 0.873. The standard InChI is InChI=1S/C8H9BS/c1-6-5-7(10-2)3-4-8(6)9/h3-5H,1-2H3. The predicted molar refractivity (Wildman–Crippen MR) is 48.3 cm³/mol. The van der Waals surface area contributed by atoms with Crippen LogP contribution in [0.4, 0.5) is 0 Å². The van der Waals surface area contributed by atoms with Gasteiger partial charge >= 0.3 is 0 Å². The van der Waals surface area contributed by atoms with Crippen LogP contribution in [0.1, 0.15) is 5.56 Å². The first kappa shape index (κ1) is 7.74. The number of benzene rings is 1. The fourth-order valence-electron chi connectivity index (χ4n) is 0.775. The highest BCUT2D eigenvalue weighted by molar-refractivity contribution is 7.98. The zero-order chi connectivity index (χ0) is 7.56. The molecule has 2 radical (unpaired) electrons. The molecule has 0 aliphatic rings. The van der Waals surface area contributed by atoms with Gasteiger partial charge < -0.3 is 0 Å². The van der Waals surface area contributed by atoms with Crippen molar-refractivity contribution in [2.45, 2.75) is 11.8 Å². The van der Waals surface area contributed by atoms with Gasteiger partial charge in [-0.05, 0) is 25.3 Å². The van der Waals surface area contributed by atoms with Crippen molar-refractivity contribution in [1.82, 2.24) is 0 Å². The molecule has 0 saturated carbocycles. The van der Waals surface area contributed by atoms with Crippen LogP contribution in [-0.4, -0.2) is 14.1 Å². The summed E-state index contributed by atoms with van der Waals surface area (Å²) in [5, 5.41) is 0. The van der Waals surface area contributed by atoms with E-state index in [0.29, 0.717) is 0 Å². The molecule has 0 atom stereocenters. The monoisotopic (exact) mass is 148 g/mol. The third-order valence-electron chi connectivity index (χ3n) is 1.48. The second-order valence-corrected chi connectivity index (χ2v) is 3.10. The number of thioether (sulfide) groups is 1. The van der Waals surface area contributed by atoms with Crippen molar-refractivity contribution in [2.24, 2.45) is 0 Å². The van der Waals surface area contributed by atoms with Crippen LogP contribution in [0.5, 0.6) is 0 Å². The molecule has 0 N–H and O–H groups in total. The lowest BCUT2D eigenvalue weighted by atomic mass is 9.92. The normalized spacial score (nSPS) is 9.80. The number of hydrogen-bond donors (Lipinski definition) is 0. The van der Waals surface area contributed by atoms with E-state index in [4.69, 9.17) is 7.85 Å². The van der Waals surface area contributed by atoms with Crippen molar-refractivity contribution in [2.75, 3.05) is 6.26 Å². The Morgan fingerprint density at radius 1 is 1.40 bits per heavy atom. The number of aryl methyl sites for hydroxylation is 1. The first-order valence-corrected chi connectivity index (χ1v) is 4.36. The maximum atomic E-state index is 5.63. The molecule has 0 bridgehead atoms. The summed E-state index contributed by atoms with van der Waals surface area (Å²) in [6, 6.07) is 6.08. The molecular weight excluding hydrogens is 139 g/mol. The van der Waals surface area contributed by atoms with E-state index in [-0.39, 0.29) is 0 Å². The third kappa shape index (κ3) is 1.57. The van der Waals surface area contributed by atoms with Crippen LogP contribution in [0, 0.1) is 6.92 Å². The van der Waals surface area contributed by atoms with Gasteiger partial charge in [0.15, 0.2) is 0 Å². The van der Waals surface area contributed by atoms with Gasteiger partial charge in [-0.15, -0.1) is 11.8 Å². The maximum Gasteiger partial charge on any atom is 0.114 e. The molecule has 2 heteroatoms. The molecule has 1 rings (SSSR count). The van der Waals surface area contributed by atoms with Crippen molar-refractivity contribution in [1.29, 1.82) is 0 Å². The average Bonchev–Trinajstić information content (AvgIpc) is 1.95. The molecule has 0 aliphatic heterocycles. The summed E-state index contributed by atoms with van der Waals surface area (Å²) in [7, 11) is 5.63. The van der Waals surface area contributed by atoms with E-state index in [0.717, 1.165) is 11.0 Å². The van der Waals surface area contributed by atoms with Crippen LogP contribution in [0.3, 0.4) is 0 Å². The zero-order valence-corrected chi connectivity index (χ0v) is 7.03. The first-order chi connectivity index (χ1) is 4.74. The summed E-state index contributed by atoms with van der Waals surface area (Å²) in [6.07, 6.45) is 2.06. The summed E-state index contributed by atoms with van der Waals surface area (Å²) in [5.41, 5.74) is 2.03. The van der Waals surface area contributed by atoms with Crippen LogP contribution in [-0.2, 0) is 0 Å². The Bertz CT molecular complexity index is 233. The quantitative estimate of drug-likeness (QED) is 0.429. The van der Waals surface area contributed by atoms with Gasteiger partial charge in [0.05, 0.1) is 0 Å². The first-order valence-electron chi connectivity index (χ1n) is 3.14. The van der Waals surface area contributed by atoms with E-state index >= 15 is 0 Å². The molecule has 0 spiro atoms. The molecule has 0 heterocycles. The van der Waals surface area contributed by atoms with Gasteiger partial charge in [-0.2, -0.15) is 0 Å². The van der Waals surface area contributed by atoms with Gasteiger partial charge in [-0.1, -0.05) is 17.1 Å². The summed E-state index contributed by atoms with van der Waals surface area (Å²) in [4.78, 5) is 1.27. The van der Waals surface area contributed by atoms with Crippen molar-refractivity contribution < 1.29 is 0 Å². The third-order valence-corrected chi connectivity index (χ3v) is 2.20. The highest BCUT2D eigenvalue weighted by atomic mass is 32.2. The van der Waals surface area contributed by atoms with Gasteiger partial charge in [0, 0.05) is 4.90 Å². The van der Waals surface area contributed by atoms with Gasteiger partial charge in [-0.25, -0.2) is 0 Å². The van der Waals surface area contributed by atoms with E-state index in [9.17, 15) is 0 Å². The van der Waals surface area contributed by atoms with Crippen LogP contribution >= 0.6 is 11.8 Å². The van der Waals surface area contributed by atoms with Crippen molar-refractivity contribution >= 4 is 25.1 Å². The Labute approximate surface area is 67.4 Å². The predicted octanol–water partition coefficient (Wildman–Crippen LogP) is 1.51. The van der Waals surface area contributed by atoms with Crippen LogP contribution in [0.25, 0.3) is 0 Å². The molecule has 0 aliphatic carbocycles. The van der Waals surface area contributed by atoms with Gasteiger partial charge in [0.2, 0.25) is 0 Å². The fraction of sp³-hybridized carbons (Fsp3) is 0.250. The lowest BCUT2D eigenvalue weighted by Gasteiger charge is -2.01. The molecule has 50 valence electrons. The largest absolute Gasteiger partial charge is 0.130 e. The average molecular weight is 148 g/mol. The Morgan fingerprint density at radius 2 is 2.10 bits per heavy atom. The van der Waals surface area contributed by atoms with Crippen LogP contribution < -0.4 is 5.46 Å². The maximum absolute atomic E-state index is 5.63. The lowest BCUT2D eigenvalue weighted by molar-refractivity contribution is 1.39. The Balaban J connectivity index is 3.04. The molecular formula is C8H9BS. The Hall–Kier alpha value is -0.365.